The van der Waals surface area contributed by atoms with Crippen molar-refractivity contribution in [2.45, 2.75) is 25.0 Å². The van der Waals surface area contributed by atoms with Crippen molar-refractivity contribution in [3.63, 3.8) is 0 Å². The summed E-state index contributed by atoms with van der Waals surface area (Å²) in [6.07, 6.45) is 5.44. The Morgan fingerprint density at radius 2 is 1.95 bits per heavy atom. The van der Waals surface area contributed by atoms with Gasteiger partial charge in [0.2, 0.25) is 0 Å². The molecular formula is C16H17Cl2NO2. The average Bonchev–Trinajstić information content (AvgIpc) is 2.90. The van der Waals surface area contributed by atoms with Crippen molar-refractivity contribution in [2.75, 3.05) is 26.3 Å². The predicted octanol–water partition coefficient (Wildman–Crippen LogP) is 3.98. The number of rotatable bonds is 1. The number of hydrogen-bond acceptors (Lipinski definition) is 3. The van der Waals surface area contributed by atoms with Gasteiger partial charge in [-0.2, -0.15) is 0 Å². The molecule has 1 saturated heterocycles. The molecule has 1 unspecified atom stereocenters. The van der Waals surface area contributed by atoms with Gasteiger partial charge in [0.25, 0.3) is 0 Å². The molecule has 3 nitrogen and oxygen atoms in total. The Morgan fingerprint density at radius 3 is 2.76 bits per heavy atom. The predicted molar refractivity (Wildman–Crippen MR) is 84.0 cm³/mol. The molecule has 1 aromatic rings. The van der Waals surface area contributed by atoms with E-state index in [1.54, 1.807) is 6.07 Å². The highest BCUT2D eigenvalue weighted by atomic mass is 35.5. The van der Waals surface area contributed by atoms with E-state index in [2.05, 4.69) is 11.0 Å². The molecule has 1 saturated carbocycles. The first-order valence-electron chi connectivity index (χ1n) is 7.41. The van der Waals surface area contributed by atoms with Crippen molar-refractivity contribution >= 4 is 29.3 Å². The van der Waals surface area contributed by atoms with E-state index in [9.17, 15) is 0 Å². The van der Waals surface area contributed by atoms with Gasteiger partial charge in [-0.1, -0.05) is 23.2 Å². The minimum absolute atomic E-state index is 0.325. The lowest BCUT2D eigenvalue weighted by atomic mass is 9.97. The van der Waals surface area contributed by atoms with E-state index in [0.717, 1.165) is 56.9 Å². The van der Waals surface area contributed by atoms with E-state index < -0.39 is 0 Å². The van der Waals surface area contributed by atoms with Crippen LogP contribution in [0.1, 0.15) is 24.8 Å². The lowest BCUT2D eigenvalue weighted by Gasteiger charge is -2.46. The summed E-state index contributed by atoms with van der Waals surface area (Å²) in [5.41, 5.74) is 2.01. The largest absolute Gasteiger partial charge is 0.466 e. The second-order valence-electron chi connectivity index (χ2n) is 5.81. The third-order valence-corrected chi connectivity index (χ3v) is 5.12. The second-order valence-corrected chi connectivity index (χ2v) is 6.66. The van der Waals surface area contributed by atoms with Gasteiger partial charge in [-0.3, -0.25) is 4.90 Å². The molecule has 2 fully saturated rings. The molecule has 5 heteroatoms. The molecule has 0 N–H and O–H groups in total. The second kappa shape index (κ2) is 5.17. The number of benzene rings is 1. The Morgan fingerprint density at radius 1 is 1.14 bits per heavy atom. The molecule has 2 heterocycles. The van der Waals surface area contributed by atoms with Gasteiger partial charge in [-0.25, -0.2) is 0 Å². The van der Waals surface area contributed by atoms with Crippen LogP contribution in [0.15, 0.2) is 17.7 Å². The number of hydrogen-bond donors (Lipinski definition) is 0. The third-order valence-electron chi connectivity index (χ3n) is 4.62. The van der Waals surface area contributed by atoms with Crippen LogP contribution in [-0.2, 0) is 4.74 Å². The van der Waals surface area contributed by atoms with E-state index >= 15 is 0 Å². The molecule has 0 radical (unpaired) electrons. The molecule has 3 aliphatic rings. The van der Waals surface area contributed by atoms with Crippen molar-refractivity contribution in [3.8, 4) is 5.75 Å². The van der Waals surface area contributed by atoms with E-state index in [4.69, 9.17) is 32.7 Å². The number of nitrogens with zero attached hydrogens (tertiary/aromatic N) is 1. The highest BCUT2D eigenvalue weighted by Gasteiger charge is 2.48. The average molecular weight is 326 g/mol. The Bertz CT molecular complexity index is 611. The van der Waals surface area contributed by atoms with Crippen LogP contribution < -0.4 is 4.74 Å². The molecule has 4 rings (SSSR count). The Balaban J connectivity index is 1.79. The van der Waals surface area contributed by atoms with Gasteiger partial charge in [0, 0.05) is 30.1 Å². The Labute approximate surface area is 134 Å². The van der Waals surface area contributed by atoms with Gasteiger partial charge < -0.3 is 9.47 Å². The summed E-state index contributed by atoms with van der Waals surface area (Å²) < 4.78 is 12.0. The first-order chi connectivity index (χ1) is 10.2. The van der Waals surface area contributed by atoms with Gasteiger partial charge in [-0.15, -0.1) is 0 Å². The number of morpholine rings is 1. The van der Waals surface area contributed by atoms with Crippen molar-refractivity contribution in [2.24, 2.45) is 0 Å². The summed E-state index contributed by atoms with van der Waals surface area (Å²) in [5.74, 6) is 0.762. The topological polar surface area (TPSA) is 21.7 Å². The molecule has 1 aromatic carbocycles. The number of halogens is 2. The van der Waals surface area contributed by atoms with E-state index in [1.807, 2.05) is 6.07 Å². The van der Waals surface area contributed by atoms with Gasteiger partial charge in [0.15, 0.2) is 5.72 Å². The molecule has 1 aliphatic carbocycles. The summed E-state index contributed by atoms with van der Waals surface area (Å²) >= 11 is 12.5. The summed E-state index contributed by atoms with van der Waals surface area (Å²) in [4.78, 5) is 2.41. The maximum atomic E-state index is 6.48. The fourth-order valence-corrected chi connectivity index (χ4v) is 4.23. The van der Waals surface area contributed by atoms with Crippen LogP contribution in [0.3, 0.4) is 0 Å². The van der Waals surface area contributed by atoms with Crippen LogP contribution in [-0.4, -0.2) is 36.9 Å². The molecule has 0 spiro atoms. The zero-order valence-corrected chi connectivity index (χ0v) is 13.2. The van der Waals surface area contributed by atoms with Crippen molar-refractivity contribution < 1.29 is 9.47 Å². The quantitative estimate of drug-likeness (QED) is 0.779. The Kier molecular flexibility index (Phi) is 3.42. The van der Waals surface area contributed by atoms with Crippen LogP contribution in [0, 0.1) is 0 Å². The van der Waals surface area contributed by atoms with Crippen molar-refractivity contribution in [1.82, 2.24) is 4.90 Å². The van der Waals surface area contributed by atoms with Gasteiger partial charge in [0.05, 0.1) is 18.2 Å². The van der Waals surface area contributed by atoms with Gasteiger partial charge >= 0.3 is 0 Å². The molecule has 2 aliphatic heterocycles. The van der Waals surface area contributed by atoms with Crippen LogP contribution in [0.25, 0.3) is 6.08 Å². The monoisotopic (exact) mass is 325 g/mol. The first kappa shape index (κ1) is 13.9. The zero-order chi connectivity index (χ0) is 14.4. The third kappa shape index (κ3) is 2.18. The summed E-state index contributed by atoms with van der Waals surface area (Å²) in [7, 11) is 0. The molecular weight excluding hydrogens is 309 g/mol. The first-order valence-corrected chi connectivity index (χ1v) is 8.16. The maximum absolute atomic E-state index is 6.48. The fourth-order valence-electron chi connectivity index (χ4n) is 3.68. The van der Waals surface area contributed by atoms with Crippen molar-refractivity contribution in [1.29, 1.82) is 0 Å². The number of ether oxygens (including phenoxy) is 2. The highest BCUT2D eigenvalue weighted by molar-refractivity contribution is 6.36. The molecule has 21 heavy (non-hydrogen) atoms. The minimum atomic E-state index is -0.325. The van der Waals surface area contributed by atoms with Crippen LogP contribution >= 0.6 is 23.2 Å². The summed E-state index contributed by atoms with van der Waals surface area (Å²) in [6, 6.07) is 3.68. The normalized spacial score (nSPS) is 28.6. The van der Waals surface area contributed by atoms with Gasteiger partial charge in [0.1, 0.15) is 5.75 Å². The van der Waals surface area contributed by atoms with E-state index in [1.165, 1.54) is 5.57 Å². The van der Waals surface area contributed by atoms with Crippen LogP contribution in [0.2, 0.25) is 10.0 Å². The highest BCUT2D eigenvalue weighted by Crippen LogP contribution is 2.49. The molecule has 0 aromatic heterocycles. The lowest BCUT2D eigenvalue weighted by Crippen LogP contribution is -2.57. The fraction of sp³-hybridized carbons (Fsp3) is 0.500. The zero-order valence-electron chi connectivity index (χ0n) is 11.7. The smallest absolute Gasteiger partial charge is 0.186 e. The SMILES string of the molecule is Clc1cc(Cl)c2c(c1)C=C1CCCC1(N1CCOCC1)O2. The van der Waals surface area contributed by atoms with E-state index in [-0.39, 0.29) is 5.72 Å². The molecule has 1 atom stereocenters. The standard InChI is InChI=1S/C16H17Cl2NO2/c17-13-9-11-8-12-2-1-3-16(12,19-4-6-20-7-5-19)21-15(11)14(18)10-13/h8-10H,1-7H2. The van der Waals surface area contributed by atoms with Gasteiger partial charge in [-0.05, 0) is 36.6 Å². The number of fused-ring (bicyclic) bond motifs is 2. The Hall–Kier alpha value is -0.740. The van der Waals surface area contributed by atoms with Crippen molar-refractivity contribution in [3.05, 3.63) is 33.3 Å². The summed E-state index contributed by atoms with van der Waals surface area (Å²) in [6.45, 7) is 3.33. The van der Waals surface area contributed by atoms with Crippen LogP contribution in [0.5, 0.6) is 5.75 Å². The molecule has 0 amide bonds. The van der Waals surface area contributed by atoms with Crippen LogP contribution in [0.4, 0.5) is 0 Å². The lowest BCUT2D eigenvalue weighted by molar-refractivity contribution is -0.0966. The minimum Gasteiger partial charge on any atom is -0.466 e. The summed E-state index contributed by atoms with van der Waals surface area (Å²) in [5, 5.41) is 1.24. The molecule has 0 bridgehead atoms. The molecule has 112 valence electrons. The van der Waals surface area contributed by atoms with E-state index in [0.29, 0.717) is 10.0 Å². The maximum Gasteiger partial charge on any atom is 0.186 e.